The van der Waals surface area contributed by atoms with Crippen LogP contribution in [0.2, 0.25) is 5.02 Å². The Morgan fingerprint density at radius 1 is 0.848 bits per heavy atom. The molecule has 0 saturated heterocycles. The van der Waals surface area contributed by atoms with E-state index >= 15 is 4.39 Å². The fourth-order valence-electron chi connectivity index (χ4n) is 5.79. The number of rotatable bonds is 12. The molecule has 1 atom stereocenters. The van der Waals surface area contributed by atoms with E-state index in [0.717, 1.165) is 42.0 Å². The second-order valence-electron chi connectivity index (χ2n) is 11.5. The maximum Gasteiger partial charge on any atom is 0.264 e. The molecule has 1 fully saturated rings. The highest BCUT2D eigenvalue weighted by Crippen LogP contribution is 2.27. The number of benzene rings is 4. The lowest BCUT2D eigenvalue weighted by Crippen LogP contribution is -2.55. The van der Waals surface area contributed by atoms with Gasteiger partial charge in [0.2, 0.25) is 11.8 Å². The molecule has 1 N–H and O–H groups in total. The van der Waals surface area contributed by atoms with Crippen LogP contribution in [0, 0.1) is 5.82 Å². The molecule has 240 valence electrons. The Kier molecular flexibility index (Phi) is 11.1. The van der Waals surface area contributed by atoms with Crippen molar-refractivity contribution in [2.24, 2.45) is 0 Å². The largest absolute Gasteiger partial charge is 0.352 e. The summed E-state index contributed by atoms with van der Waals surface area (Å²) in [5.74, 6) is -1.56. The van der Waals surface area contributed by atoms with E-state index in [1.807, 2.05) is 30.3 Å². The molecule has 0 aromatic heterocycles. The van der Waals surface area contributed by atoms with Gasteiger partial charge in [-0.15, -0.1) is 0 Å². The van der Waals surface area contributed by atoms with Crippen LogP contribution in [0.1, 0.15) is 43.2 Å². The molecule has 5 rings (SSSR count). The minimum Gasteiger partial charge on any atom is -0.352 e. The van der Waals surface area contributed by atoms with Crippen LogP contribution < -0.4 is 9.62 Å². The third-order valence-electron chi connectivity index (χ3n) is 8.23. The number of sulfonamides is 1. The number of amides is 2. The number of carbonyl (C=O) groups excluding carboxylic acids is 2. The normalized spacial score (nSPS) is 14.3. The molecule has 4 aromatic carbocycles. The van der Waals surface area contributed by atoms with E-state index in [2.05, 4.69) is 5.32 Å². The van der Waals surface area contributed by atoms with Crippen LogP contribution in [-0.2, 0) is 32.6 Å². The molecular formula is C36H37ClFN3O4S. The minimum atomic E-state index is -4.26. The second-order valence-corrected chi connectivity index (χ2v) is 13.8. The van der Waals surface area contributed by atoms with Crippen molar-refractivity contribution < 1.29 is 22.4 Å². The summed E-state index contributed by atoms with van der Waals surface area (Å²) in [6.45, 7) is -0.885. The zero-order valence-electron chi connectivity index (χ0n) is 25.4. The molecule has 46 heavy (non-hydrogen) atoms. The van der Waals surface area contributed by atoms with Gasteiger partial charge in [0.15, 0.2) is 0 Å². The summed E-state index contributed by atoms with van der Waals surface area (Å²) in [5.41, 5.74) is 1.20. The van der Waals surface area contributed by atoms with Crippen LogP contribution >= 0.6 is 11.6 Å². The van der Waals surface area contributed by atoms with Crippen LogP contribution in [0.15, 0.2) is 114 Å². The predicted molar refractivity (Wildman–Crippen MR) is 178 cm³/mol. The second kappa shape index (κ2) is 15.4. The first kappa shape index (κ1) is 33.2. The Balaban J connectivity index is 1.56. The van der Waals surface area contributed by atoms with Crippen molar-refractivity contribution in [2.75, 3.05) is 10.8 Å². The molecule has 10 heteroatoms. The summed E-state index contributed by atoms with van der Waals surface area (Å²) in [5, 5.41) is 3.43. The summed E-state index contributed by atoms with van der Waals surface area (Å²) in [7, 11) is -4.26. The first-order chi connectivity index (χ1) is 22.2. The van der Waals surface area contributed by atoms with Crippen LogP contribution in [-0.4, -0.2) is 43.8 Å². The van der Waals surface area contributed by atoms with Crippen LogP contribution in [0.25, 0.3) is 0 Å². The highest BCUT2D eigenvalue weighted by molar-refractivity contribution is 7.92. The van der Waals surface area contributed by atoms with Crippen molar-refractivity contribution in [3.63, 3.8) is 0 Å². The fourth-order valence-corrected chi connectivity index (χ4v) is 7.40. The average Bonchev–Trinajstić information content (AvgIpc) is 3.07. The first-order valence-corrected chi connectivity index (χ1v) is 17.2. The molecule has 0 bridgehead atoms. The van der Waals surface area contributed by atoms with Crippen molar-refractivity contribution in [1.82, 2.24) is 10.2 Å². The molecule has 2 amide bonds. The zero-order chi connectivity index (χ0) is 32.5. The topological polar surface area (TPSA) is 86.8 Å². The fraction of sp³-hybridized carbons (Fsp3) is 0.278. The number of anilines is 1. The monoisotopic (exact) mass is 661 g/mol. The summed E-state index contributed by atoms with van der Waals surface area (Å²) in [6.07, 6.45) is 4.93. The minimum absolute atomic E-state index is 0.0145. The first-order valence-electron chi connectivity index (χ1n) is 15.4. The maximum absolute atomic E-state index is 15.1. The molecule has 0 unspecified atom stereocenters. The Morgan fingerprint density at radius 2 is 1.50 bits per heavy atom. The number of carbonyl (C=O) groups is 2. The Hall–Kier alpha value is -4.21. The quantitative estimate of drug-likeness (QED) is 0.182. The third kappa shape index (κ3) is 8.33. The molecule has 4 aromatic rings. The highest BCUT2D eigenvalue weighted by atomic mass is 35.5. The van der Waals surface area contributed by atoms with E-state index < -0.39 is 34.3 Å². The number of hydrogen-bond acceptors (Lipinski definition) is 4. The Bertz CT molecular complexity index is 1730. The predicted octanol–water partition coefficient (Wildman–Crippen LogP) is 6.76. The number of nitrogens with one attached hydrogen (secondary N) is 1. The third-order valence-corrected chi connectivity index (χ3v) is 10.3. The zero-order valence-corrected chi connectivity index (χ0v) is 27.0. The van der Waals surface area contributed by atoms with Crippen LogP contribution in [0.3, 0.4) is 0 Å². The van der Waals surface area contributed by atoms with Crippen molar-refractivity contribution >= 4 is 39.1 Å². The summed E-state index contributed by atoms with van der Waals surface area (Å²) in [6, 6.07) is 28.3. The van der Waals surface area contributed by atoms with E-state index in [1.54, 1.807) is 54.6 Å². The van der Waals surface area contributed by atoms with E-state index in [0.29, 0.717) is 0 Å². The van der Waals surface area contributed by atoms with E-state index in [-0.39, 0.29) is 46.1 Å². The molecule has 7 nitrogen and oxygen atoms in total. The van der Waals surface area contributed by atoms with Gasteiger partial charge in [-0.2, -0.15) is 0 Å². The van der Waals surface area contributed by atoms with Gasteiger partial charge in [0.25, 0.3) is 10.0 Å². The standard InChI is InChI=1S/C36H37ClFN3O4S/c37-29-16-12-19-31(24-29)41(46(44,45)32-20-8-3-9-21-32)26-35(42)40(25-28-15-10-11-22-33(28)38)34(23-27-13-4-1-5-14-27)36(43)39-30-17-6-2-7-18-30/h1,3-5,8-16,19-22,24,30,34H,2,6-7,17-18,23,25-26H2,(H,39,43)/t34-/m0/s1. The van der Waals surface area contributed by atoms with Crippen molar-refractivity contribution in [3.8, 4) is 0 Å². The number of hydrogen-bond donors (Lipinski definition) is 1. The molecule has 1 aliphatic rings. The smallest absolute Gasteiger partial charge is 0.264 e. The molecule has 0 radical (unpaired) electrons. The molecule has 0 heterocycles. The summed E-state index contributed by atoms with van der Waals surface area (Å²) in [4.78, 5) is 29.9. The van der Waals surface area contributed by atoms with E-state index in [4.69, 9.17) is 11.6 Å². The van der Waals surface area contributed by atoms with E-state index in [1.165, 1.54) is 29.2 Å². The lowest BCUT2D eigenvalue weighted by Gasteiger charge is -2.35. The van der Waals surface area contributed by atoms with Gasteiger partial charge in [-0.3, -0.25) is 13.9 Å². The Morgan fingerprint density at radius 3 is 2.17 bits per heavy atom. The Labute approximate surface area is 275 Å². The van der Waals surface area contributed by atoms with Gasteiger partial charge in [0.05, 0.1) is 10.6 Å². The van der Waals surface area contributed by atoms with Crippen LogP contribution in [0.4, 0.5) is 10.1 Å². The number of halogens is 2. The summed E-state index contributed by atoms with van der Waals surface area (Å²) < 4.78 is 44.2. The molecule has 1 saturated carbocycles. The van der Waals surface area contributed by atoms with Gasteiger partial charge in [-0.05, 0) is 54.8 Å². The molecule has 0 spiro atoms. The maximum atomic E-state index is 15.1. The van der Waals surface area contributed by atoms with Gasteiger partial charge in [0, 0.05) is 29.6 Å². The summed E-state index contributed by atoms with van der Waals surface area (Å²) >= 11 is 6.27. The van der Waals surface area contributed by atoms with Gasteiger partial charge < -0.3 is 10.2 Å². The average molecular weight is 662 g/mol. The van der Waals surface area contributed by atoms with Gasteiger partial charge in [-0.1, -0.05) is 104 Å². The molecular weight excluding hydrogens is 625 g/mol. The lowest BCUT2D eigenvalue weighted by atomic mass is 9.94. The van der Waals surface area contributed by atoms with Gasteiger partial charge >= 0.3 is 0 Å². The molecule has 1 aliphatic carbocycles. The van der Waals surface area contributed by atoms with Crippen molar-refractivity contribution in [3.05, 3.63) is 131 Å². The number of nitrogens with zero attached hydrogens (tertiary/aromatic N) is 2. The van der Waals surface area contributed by atoms with Crippen molar-refractivity contribution in [2.45, 2.75) is 62.0 Å². The van der Waals surface area contributed by atoms with Crippen LogP contribution in [0.5, 0.6) is 0 Å². The highest BCUT2D eigenvalue weighted by Gasteiger charge is 2.35. The lowest BCUT2D eigenvalue weighted by molar-refractivity contribution is -0.140. The SMILES string of the molecule is O=C(NC1CCCCC1)[C@H](Cc1ccccc1)N(Cc1ccccc1F)C(=O)CN(c1cccc(Cl)c1)S(=O)(=O)c1ccccc1. The van der Waals surface area contributed by atoms with E-state index in [9.17, 15) is 18.0 Å². The molecule has 0 aliphatic heterocycles. The van der Waals surface area contributed by atoms with Gasteiger partial charge in [0.1, 0.15) is 18.4 Å². The van der Waals surface area contributed by atoms with Crippen molar-refractivity contribution in [1.29, 1.82) is 0 Å². The van der Waals surface area contributed by atoms with Gasteiger partial charge in [-0.25, -0.2) is 12.8 Å².